The molecule has 1 unspecified atom stereocenters. The largest absolute Gasteiger partial charge is 0.481 e. The number of nitro groups is 1. The molecule has 0 fully saturated rings. The number of nitrogens with one attached hydrogen (secondary N) is 1. The molecular formula is C15H18N2O4. The third kappa shape index (κ3) is 2.49. The van der Waals surface area contributed by atoms with E-state index >= 15 is 0 Å². The number of benzene rings is 1. The second-order valence-electron chi connectivity index (χ2n) is 5.36. The Morgan fingerprint density at radius 1 is 1.43 bits per heavy atom. The number of fused-ring (bicyclic) bond motifs is 1. The molecule has 0 bridgehead atoms. The summed E-state index contributed by atoms with van der Waals surface area (Å²) >= 11 is 0. The van der Waals surface area contributed by atoms with Crippen molar-refractivity contribution in [3.63, 3.8) is 0 Å². The van der Waals surface area contributed by atoms with E-state index in [1.165, 1.54) is 6.07 Å². The van der Waals surface area contributed by atoms with E-state index in [-0.39, 0.29) is 11.6 Å². The summed E-state index contributed by atoms with van der Waals surface area (Å²) in [5, 5.41) is 21.1. The molecule has 6 nitrogen and oxygen atoms in total. The molecule has 1 heterocycles. The normalized spacial score (nSPS) is 12.8. The highest BCUT2D eigenvalue weighted by Gasteiger charge is 2.30. The molecule has 21 heavy (non-hydrogen) atoms. The Labute approximate surface area is 121 Å². The van der Waals surface area contributed by atoms with Gasteiger partial charge < -0.3 is 10.1 Å². The molecule has 0 aliphatic heterocycles. The first kappa shape index (κ1) is 15.0. The average molecular weight is 290 g/mol. The fourth-order valence-corrected chi connectivity index (χ4v) is 2.75. The van der Waals surface area contributed by atoms with E-state index in [1.54, 1.807) is 19.1 Å². The van der Waals surface area contributed by atoms with Crippen molar-refractivity contribution in [3.05, 3.63) is 39.6 Å². The minimum atomic E-state index is -0.960. The SMILES string of the molecule is CCC(C(=O)O)c1c(C(C)C)[nH]c2cccc([N+](=O)[O-])c12. The number of nitrogens with zero attached hydrogens (tertiary/aromatic N) is 1. The highest BCUT2D eigenvalue weighted by molar-refractivity contribution is 5.97. The van der Waals surface area contributed by atoms with Crippen molar-refractivity contribution in [2.45, 2.75) is 39.0 Å². The molecule has 1 aromatic carbocycles. The molecule has 2 N–H and O–H groups in total. The van der Waals surface area contributed by atoms with Gasteiger partial charge in [0, 0.05) is 17.3 Å². The lowest BCUT2D eigenvalue weighted by molar-refractivity contribution is -0.383. The first-order valence-corrected chi connectivity index (χ1v) is 6.90. The van der Waals surface area contributed by atoms with Crippen LogP contribution >= 0.6 is 0 Å². The van der Waals surface area contributed by atoms with Gasteiger partial charge in [0.2, 0.25) is 0 Å². The maximum atomic E-state index is 11.5. The number of hydrogen-bond donors (Lipinski definition) is 2. The highest BCUT2D eigenvalue weighted by Crippen LogP contribution is 2.39. The first-order chi connectivity index (χ1) is 9.88. The zero-order chi connectivity index (χ0) is 15.7. The van der Waals surface area contributed by atoms with Gasteiger partial charge >= 0.3 is 5.97 Å². The van der Waals surface area contributed by atoms with Gasteiger partial charge in [0.25, 0.3) is 5.69 Å². The maximum Gasteiger partial charge on any atom is 0.311 e. The van der Waals surface area contributed by atoms with Crippen molar-refractivity contribution >= 4 is 22.6 Å². The van der Waals surface area contributed by atoms with Crippen LogP contribution in [0.3, 0.4) is 0 Å². The standard InChI is InChI=1S/C15H18N2O4/c1-4-9(15(18)19)12-13-10(16-14(12)8(2)3)6-5-7-11(13)17(20)21/h5-9,16H,4H2,1-3H3,(H,18,19). The van der Waals surface area contributed by atoms with E-state index in [4.69, 9.17) is 0 Å². The highest BCUT2D eigenvalue weighted by atomic mass is 16.6. The van der Waals surface area contributed by atoms with Gasteiger partial charge in [0.05, 0.1) is 21.7 Å². The summed E-state index contributed by atoms with van der Waals surface area (Å²) in [6.07, 6.45) is 0.383. The number of hydrogen-bond acceptors (Lipinski definition) is 3. The summed E-state index contributed by atoms with van der Waals surface area (Å²) in [6.45, 7) is 5.65. The number of aliphatic carboxylic acids is 1. The lowest BCUT2D eigenvalue weighted by atomic mass is 9.90. The summed E-state index contributed by atoms with van der Waals surface area (Å²) in [5.74, 6) is -1.66. The number of H-pyrrole nitrogens is 1. The van der Waals surface area contributed by atoms with Crippen LogP contribution in [-0.4, -0.2) is 21.0 Å². The first-order valence-electron chi connectivity index (χ1n) is 6.90. The molecule has 2 aromatic rings. The van der Waals surface area contributed by atoms with Crippen LogP contribution in [0.5, 0.6) is 0 Å². The molecule has 0 saturated heterocycles. The number of rotatable bonds is 5. The van der Waals surface area contributed by atoms with E-state index in [0.29, 0.717) is 22.9 Å². The second-order valence-corrected chi connectivity index (χ2v) is 5.36. The molecule has 6 heteroatoms. The Morgan fingerprint density at radius 3 is 2.57 bits per heavy atom. The number of carboxylic acids is 1. The Hall–Kier alpha value is -2.37. The third-order valence-corrected chi connectivity index (χ3v) is 3.70. The van der Waals surface area contributed by atoms with E-state index in [1.807, 2.05) is 13.8 Å². The van der Waals surface area contributed by atoms with Crippen molar-refractivity contribution < 1.29 is 14.8 Å². The summed E-state index contributed by atoms with van der Waals surface area (Å²) in [7, 11) is 0. The lowest BCUT2D eigenvalue weighted by Crippen LogP contribution is -2.13. The zero-order valence-electron chi connectivity index (χ0n) is 12.2. The van der Waals surface area contributed by atoms with Crippen LogP contribution in [0.1, 0.15) is 50.3 Å². The van der Waals surface area contributed by atoms with Crippen LogP contribution in [0.4, 0.5) is 5.69 Å². The van der Waals surface area contributed by atoms with Gasteiger partial charge in [0.1, 0.15) is 0 Å². The molecule has 0 aliphatic carbocycles. The van der Waals surface area contributed by atoms with Crippen LogP contribution in [0.25, 0.3) is 10.9 Å². The van der Waals surface area contributed by atoms with Crippen molar-refractivity contribution in [2.75, 3.05) is 0 Å². The number of carboxylic acid groups (broad SMARTS) is 1. The van der Waals surface area contributed by atoms with E-state index in [9.17, 15) is 20.0 Å². The minimum Gasteiger partial charge on any atom is -0.481 e. The second kappa shape index (κ2) is 5.55. The van der Waals surface area contributed by atoms with Gasteiger partial charge in [-0.2, -0.15) is 0 Å². The number of carbonyl (C=O) groups is 1. The van der Waals surface area contributed by atoms with Gasteiger partial charge in [-0.1, -0.05) is 26.8 Å². The Balaban J connectivity index is 2.89. The van der Waals surface area contributed by atoms with Crippen LogP contribution in [0.15, 0.2) is 18.2 Å². The molecule has 0 amide bonds. The molecule has 1 aromatic heterocycles. The monoisotopic (exact) mass is 290 g/mol. The average Bonchev–Trinajstić information content (AvgIpc) is 2.78. The molecule has 1 atom stereocenters. The Bertz CT molecular complexity index is 703. The van der Waals surface area contributed by atoms with Gasteiger partial charge in [0.15, 0.2) is 0 Å². The quantitative estimate of drug-likeness (QED) is 0.647. The summed E-state index contributed by atoms with van der Waals surface area (Å²) in [6, 6.07) is 4.76. The van der Waals surface area contributed by atoms with Crippen molar-refractivity contribution in [3.8, 4) is 0 Å². The van der Waals surface area contributed by atoms with Crippen LogP contribution in [-0.2, 0) is 4.79 Å². The van der Waals surface area contributed by atoms with Crippen molar-refractivity contribution in [1.29, 1.82) is 0 Å². The number of nitro benzene ring substituents is 1. The summed E-state index contributed by atoms with van der Waals surface area (Å²) in [4.78, 5) is 25.5. The molecule has 0 aliphatic rings. The number of aromatic nitrogens is 1. The summed E-state index contributed by atoms with van der Waals surface area (Å²) in [5.41, 5.74) is 1.86. The smallest absolute Gasteiger partial charge is 0.311 e. The number of aromatic amines is 1. The Kier molecular flexibility index (Phi) is 3.97. The third-order valence-electron chi connectivity index (χ3n) is 3.70. The Morgan fingerprint density at radius 2 is 2.10 bits per heavy atom. The lowest BCUT2D eigenvalue weighted by Gasteiger charge is -2.14. The molecule has 0 saturated carbocycles. The molecule has 112 valence electrons. The predicted molar refractivity (Wildman–Crippen MR) is 79.7 cm³/mol. The summed E-state index contributed by atoms with van der Waals surface area (Å²) < 4.78 is 0. The van der Waals surface area contributed by atoms with Crippen molar-refractivity contribution in [1.82, 2.24) is 4.98 Å². The van der Waals surface area contributed by atoms with Gasteiger partial charge in [-0.25, -0.2) is 0 Å². The minimum absolute atomic E-state index is 0.0506. The fraction of sp³-hybridized carbons (Fsp3) is 0.400. The topological polar surface area (TPSA) is 96.2 Å². The van der Waals surface area contributed by atoms with Crippen LogP contribution in [0, 0.1) is 10.1 Å². The van der Waals surface area contributed by atoms with E-state index in [0.717, 1.165) is 5.69 Å². The predicted octanol–water partition coefficient (Wildman–Crippen LogP) is 3.78. The molecular weight excluding hydrogens is 272 g/mol. The van der Waals surface area contributed by atoms with E-state index in [2.05, 4.69) is 4.98 Å². The van der Waals surface area contributed by atoms with Crippen LogP contribution < -0.4 is 0 Å². The van der Waals surface area contributed by atoms with E-state index < -0.39 is 16.8 Å². The van der Waals surface area contributed by atoms with Crippen LogP contribution in [0.2, 0.25) is 0 Å². The van der Waals surface area contributed by atoms with Gasteiger partial charge in [-0.15, -0.1) is 0 Å². The number of non-ortho nitro benzene ring substituents is 1. The van der Waals surface area contributed by atoms with Gasteiger partial charge in [-0.3, -0.25) is 14.9 Å². The fourth-order valence-electron chi connectivity index (χ4n) is 2.75. The molecule has 0 spiro atoms. The molecule has 0 radical (unpaired) electrons. The molecule has 2 rings (SSSR count). The zero-order valence-corrected chi connectivity index (χ0v) is 12.2. The maximum absolute atomic E-state index is 11.5. The van der Waals surface area contributed by atoms with Gasteiger partial charge in [-0.05, 0) is 18.4 Å². The van der Waals surface area contributed by atoms with Crippen molar-refractivity contribution in [2.24, 2.45) is 0 Å².